The first-order valence-electron chi connectivity index (χ1n) is 6.97. The highest BCUT2D eigenvalue weighted by molar-refractivity contribution is 7.09. The van der Waals surface area contributed by atoms with Crippen molar-refractivity contribution >= 4 is 11.3 Å². The minimum absolute atomic E-state index is 0.360. The number of methoxy groups -OCH3 is 1. The lowest BCUT2D eigenvalue weighted by Crippen LogP contribution is -2.35. The molecule has 1 aliphatic heterocycles. The summed E-state index contributed by atoms with van der Waals surface area (Å²) in [5.74, 6) is 0.360. The molecule has 0 aliphatic carbocycles. The van der Waals surface area contributed by atoms with Crippen molar-refractivity contribution in [2.24, 2.45) is 0 Å². The quantitative estimate of drug-likeness (QED) is 0.846. The van der Waals surface area contributed by atoms with Crippen LogP contribution in [-0.4, -0.2) is 40.2 Å². The summed E-state index contributed by atoms with van der Waals surface area (Å²) in [6.07, 6.45) is 0. The Morgan fingerprint density at radius 3 is 3.10 bits per heavy atom. The second-order valence-corrected chi connectivity index (χ2v) is 6.17. The third-order valence-corrected chi connectivity index (χ3v) is 4.57. The molecule has 0 amide bonds. The highest BCUT2D eigenvalue weighted by Gasteiger charge is 2.30. The zero-order chi connectivity index (χ0) is 13.9. The maximum absolute atomic E-state index is 5.40. The predicted octanol–water partition coefficient (Wildman–Crippen LogP) is 2.11. The summed E-state index contributed by atoms with van der Waals surface area (Å²) in [7, 11) is 1.76. The molecule has 0 saturated carbocycles. The summed E-state index contributed by atoms with van der Waals surface area (Å²) < 4.78 is 7.41. The van der Waals surface area contributed by atoms with Crippen LogP contribution in [0.25, 0.3) is 0 Å². The van der Waals surface area contributed by atoms with Gasteiger partial charge < -0.3 is 4.74 Å². The van der Waals surface area contributed by atoms with Gasteiger partial charge in [0.05, 0.1) is 12.3 Å². The molecule has 1 atom stereocenters. The van der Waals surface area contributed by atoms with Crippen molar-refractivity contribution in [2.75, 3.05) is 20.3 Å². The molecule has 0 spiro atoms. The number of aromatic nitrogens is 3. The molecule has 0 saturated heterocycles. The lowest BCUT2D eigenvalue weighted by Gasteiger charge is -2.31. The van der Waals surface area contributed by atoms with E-state index in [0.717, 1.165) is 38.5 Å². The van der Waals surface area contributed by atoms with Gasteiger partial charge in [-0.05, 0) is 18.4 Å². The van der Waals surface area contributed by atoms with E-state index in [1.807, 2.05) is 16.0 Å². The first-order valence-corrected chi connectivity index (χ1v) is 7.85. The lowest BCUT2D eigenvalue weighted by atomic mass is 9.99. The summed E-state index contributed by atoms with van der Waals surface area (Å²) in [6, 6.07) is 4.30. The van der Waals surface area contributed by atoms with E-state index in [2.05, 4.69) is 39.6 Å². The van der Waals surface area contributed by atoms with Crippen LogP contribution in [0, 0.1) is 0 Å². The molecule has 0 bridgehead atoms. The van der Waals surface area contributed by atoms with Gasteiger partial charge in [0.1, 0.15) is 5.69 Å². The van der Waals surface area contributed by atoms with Crippen molar-refractivity contribution < 1.29 is 4.74 Å². The Hall–Kier alpha value is -1.24. The molecule has 6 heteroatoms. The number of fused-ring (bicyclic) bond motifs is 1. The molecule has 5 nitrogen and oxygen atoms in total. The van der Waals surface area contributed by atoms with Crippen LogP contribution in [0.15, 0.2) is 17.5 Å². The van der Waals surface area contributed by atoms with E-state index in [1.54, 1.807) is 7.11 Å². The molecule has 0 radical (unpaired) electrons. The first-order chi connectivity index (χ1) is 9.81. The van der Waals surface area contributed by atoms with Crippen molar-refractivity contribution in [2.45, 2.75) is 32.5 Å². The fourth-order valence-corrected chi connectivity index (χ4v) is 3.65. The average Bonchev–Trinajstić information content (AvgIpc) is 3.08. The minimum atomic E-state index is 0.360. The zero-order valence-corrected chi connectivity index (χ0v) is 12.8. The van der Waals surface area contributed by atoms with E-state index in [4.69, 9.17) is 4.74 Å². The van der Waals surface area contributed by atoms with E-state index >= 15 is 0 Å². The van der Waals surface area contributed by atoms with Gasteiger partial charge >= 0.3 is 0 Å². The van der Waals surface area contributed by atoms with Gasteiger partial charge in [0.2, 0.25) is 0 Å². The Bertz CT molecular complexity index is 552. The van der Waals surface area contributed by atoms with Crippen LogP contribution >= 0.6 is 11.3 Å². The summed E-state index contributed by atoms with van der Waals surface area (Å²) in [5, 5.41) is 10.8. The van der Waals surface area contributed by atoms with Gasteiger partial charge in [0.25, 0.3) is 0 Å². The lowest BCUT2D eigenvalue weighted by molar-refractivity contribution is 0.132. The van der Waals surface area contributed by atoms with E-state index < -0.39 is 0 Å². The van der Waals surface area contributed by atoms with Gasteiger partial charge in [-0.1, -0.05) is 11.3 Å². The molecule has 1 aliphatic rings. The zero-order valence-electron chi connectivity index (χ0n) is 12.0. The van der Waals surface area contributed by atoms with Crippen LogP contribution in [0.3, 0.4) is 0 Å². The van der Waals surface area contributed by atoms with Crippen molar-refractivity contribution in [3.8, 4) is 0 Å². The van der Waals surface area contributed by atoms with Gasteiger partial charge in [-0.15, -0.1) is 16.4 Å². The molecule has 0 aromatic carbocycles. The van der Waals surface area contributed by atoms with Crippen molar-refractivity contribution in [1.82, 2.24) is 19.9 Å². The number of nitrogens with zero attached hydrogens (tertiary/aromatic N) is 4. The molecule has 2 aromatic rings. The summed E-state index contributed by atoms with van der Waals surface area (Å²) in [6.45, 7) is 6.57. The summed E-state index contributed by atoms with van der Waals surface area (Å²) in [5.41, 5.74) is 2.37. The SMILES string of the molecule is CCn1nnc2c1[C@@H](COC)CN(Cc1cccs1)C2. The van der Waals surface area contributed by atoms with E-state index in [-0.39, 0.29) is 0 Å². The standard InChI is InChI=1S/C14H20N4OS/c1-3-18-14-11(10-19-2)7-17(9-13(14)15-16-18)8-12-5-4-6-20-12/h4-6,11H,3,7-10H2,1-2H3/t11-/m1/s1. The van der Waals surface area contributed by atoms with E-state index in [9.17, 15) is 0 Å². The Morgan fingerprint density at radius 1 is 1.50 bits per heavy atom. The minimum Gasteiger partial charge on any atom is -0.384 e. The Labute approximate surface area is 123 Å². The average molecular weight is 292 g/mol. The van der Waals surface area contributed by atoms with Crippen LogP contribution < -0.4 is 0 Å². The molecular formula is C14H20N4OS. The van der Waals surface area contributed by atoms with Crippen molar-refractivity contribution in [1.29, 1.82) is 0 Å². The normalized spacial score (nSPS) is 19.2. The third-order valence-electron chi connectivity index (χ3n) is 3.71. The molecular weight excluding hydrogens is 272 g/mol. The molecule has 2 aromatic heterocycles. The second kappa shape index (κ2) is 6.03. The first kappa shape index (κ1) is 13.7. The van der Waals surface area contributed by atoms with Crippen molar-refractivity contribution in [3.05, 3.63) is 33.8 Å². The fraction of sp³-hybridized carbons (Fsp3) is 0.571. The van der Waals surface area contributed by atoms with Crippen LogP contribution in [0.1, 0.15) is 29.1 Å². The molecule has 0 N–H and O–H groups in total. The van der Waals surface area contributed by atoms with E-state index in [0.29, 0.717) is 5.92 Å². The van der Waals surface area contributed by atoms with Gasteiger partial charge in [-0.2, -0.15) is 0 Å². The summed E-state index contributed by atoms with van der Waals surface area (Å²) >= 11 is 1.81. The van der Waals surface area contributed by atoms with Gasteiger partial charge in [-0.3, -0.25) is 4.90 Å². The molecule has 20 heavy (non-hydrogen) atoms. The Kier molecular flexibility index (Phi) is 4.14. The maximum Gasteiger partial charge on any atom is 0.100 e. The highest BCUT2D eigenvalue weighted by Crippen LogP contribution is 2.28. The monoisotopic (exact) mass is 292 g/mol. The number of thiophene rings is 1. The van der Waals surface area contributed by atoms with Crippen LogP contribution in [0.2, 0.25) is 0 Å². The van der Waals surface area contributed by atoms with E-state index in [1.165, 1.54) is 10.6 Å². The van der Waals surface area contributed by atoms with Gasteiger partial charge in [0, 0.05) is 44.1 Å². The molecule has 3 heterocycles. The second-order valence-electron chi connectivity index (χ2n) is 5.14. The number of hydrogen-bond donors (Lipinski definition) is 0. The van der Waals surface area contributed by atoms with Gasteiger partial charge in [-0.25, -0.2) is 4.68 Å². The number of rotatable bonds is 5. The third kappa shape index (κ3) is 2.63. The van der Waals surface area contributed by atoms with Crippen LogP contribution in [-0.2, 0) is 24.4 Å². The number of hydrogen-bond acceptors (Lipinski definition) is 5. The molecule has 0 unspecified atom stereocenters. The Morgan fingerprint density at radius 2 is 2.40 bits per heavy atom. The largest absolute Gasteiger partial charge is 0.384 e. The van der Waals surface area contributed by atoms with Crippen molar-refractivity contribution in [3.63, 3.8) is 0 Å². The fourth-order valence-electron chi connectivity index (χ4n) is 2.90. The van der Waals surface area contributed by atoms with Crippen LogP contribution in [0.4, 0.5) is 0 Å². The number of ether oxygens (including phenoxy) is 1. The maximum atomic E-state index is 5.40. The summed E-state index contributed by atoms with van der Waals surface area (Å²) in [4.78, 5) is 3.83. The number of aryl methyl sites for hydroxylation is 1. The topological polar surface area (TPSA) is 43.2 Å². The predicted molar refractivity (Wildman–Crippen MR) is 78.7 cm³/mol. The molecule has 0 fully saturated rings. The smallest absolute Gasteiger partial charge is 0.100 e. The molecule has 3 rings (SSSR count). The molecule has 108 valence electrons. The Balaban J connectivity index is 1.81. The van der Waals surface area contributed by atoms with Gasteiger partial charge in [0.15, 0.2) is 0 Å². The highest BCUT2D eigenvalue weighted by atomic mass is 32.1. The van der Waals surface area contributed by atoms with Crippen LogP contribution in [0.5, 0.6) is 0 Å².